The first-order chi connectivity index (χ1) is 9.63. The number of halogens is 1. The van der Waals surface area contributed by atoms with Gasteiger partial charge < -0.3 is 20.1 Å². The van der Waals surface area contributed by atoms with E-state index in [0.717, 1.165) is 12.8 Å². The average molecular weight is 299 g/mol. The van der Waals surface area contributed by atoms with Crippen molar-refractivity contribution in [3.8, 4) is 5.75 Å². The lowest BCUT2D eigenvalue weighted by molar-refractivity contribution is 0.143. The van der Waals surface area contributed by atoms with E-state index in [0.29, 0.717) is 35.5 Å². The highest BCUT2D eigenvalue weighted by Crippen LogP contribution is 2.27. The minimum atomic E-state index is -0.136. The summed E-state index contributed by atoms with van der Waals surface area (Å²) in [6.45, 7) is 1.53. The number of ether oxygens (including phenoxy) is 1. The van der Waals surface area contributed by atoms with Crippen LogP contribution in [0.25, 0.3) is 0 Å². The van der Waals surface area contributed by atoms with Crippen LogP contribution in [0.2, 0.25) is 5.02 Å². The quantitative estimate of drug-likeness (QED) is 0.901. The maximum atomic E-state index is 12.1. The summed E-state index contributed by atoms with van der Waals surface area (Å²) in [5.74, 6) is 0.892. The van der Waals surface area contributed by atoms with E-state index in [-0.39, 0.29) is 12.6 Å². The normalized spacial score (nSPS) is 16.1. The Hall–Kier alpha value is -1.46. The molecule has 1 aromatic carbocycles. The highest BCUT2D eigenvalue weighted by atomic mass is 35.5. The molecule has 1 heterocycles. The topological polar surface area (TPSA) is 61.8 Å². The Morgan fingerprint density at radius 3 is 2.75 bits per heavy atom. The van der Waals surface area contributed by atoms with Crippen molar-refractivity contribution in [2.75, 3.05) is 32.1 Å². The van der Waals surface area contributed by atoms with Crippen molar-refractivity contribution in [1.82, 2.24) is 4.90 Å². The molecule has 20 heavy (non-hydrogen) atoms. The largest absolute Gasteiger partial charge is 0.495 e. The van der Waals surface area contributed by atoms with Gasteiger partial charge in [-0.1, -0.05) is 11.6 Å². The van der Waals surface area contributed by atoms with Gasteiger partial charge >= 0.3 is 6.03 Å². The minimum absolute atomic E-state index is 0.136. The molecule has 0 radical (unpaired) electrons. The lowest BCUT2D eigenvalue weighted by Gasteiger charge is -2.31. The molecule has 2 N–H and O–H groups in total. The predicted octanol–water partition coefficient (Wildman–Crippen LogP) is 2.58. The number of piperidine rings is 1. The molecule has 5 nitrogen and oxygen atoms in total. The lowest BCUT2D eigenvalue weighted by Crippen LogP contribution is -2.41. The molecule has 0 spiro atoms. The Morgan fingerprint density at radius 1 is 1.50 bits per heavy atom. The van der Waals surface area contributed by atoms with E-state index < -0.39 is 0 Å². The van der Waals surface area contributed by atoms with E-state index in [2.05, 4.69) is 5.32 Å². The predicted molar refractivity (Wildman–Crippen MR) is 78.4 cm³/mol. The molecule has 2 rings (SSSR count). The third-order valence-corrected chi connectivity index (χ3v) is 3.86. The highest BCUT2D eigenvalue weighted by molar-refractivity contribution is 6.32. The first-order valence-corrected chi connectivity index (χ1v) is 7.02. The fourth-order valence-electron chi connectivity index (χ4n) is 2.27. The summed E-state index contributed by atoms with van der Waals surface area (Å²) in [7, 11) is 1.55. The molecular formula is C14H19ClN2O3. The molecule has 6 heteroatoms. The number of hydrogen-bond donors (Lipinski definition) is 2. The number of aliphatic hydroxyl groups excluding tert-OH is 1. The molecule has 0 bridgehead atoms. The number of urea groups is 1. The Bertz CT molecular complexity index is 473. The molecule has 0 saturated carbocycles. The fourth-order valence-corrected chi connectivity index (χ4v) is 2.52. The van der Waals surface area contributed by atoms with E-state index >= 15 is 0 Å². The summed E-state index contributed by atoms with van der Waals surface area (Å²) < 4.78 is 5.07. The van der Waals surface area contributed by atoms with Gasteiger partial charge in [0.25, 0.3) is 0 Å². The van der Waals surface area contributed by atoms with Crippen LogP contribution in [0.1, 0.15) is 12.8 Å². The SMILES string of the molecule is COc1ccc(NC(=O)N2CCC(CO)CC2)cc1Cl. The number of carbonyl (C=O) groups is 1. The van der Waals surface area contributed by atoms with Crippen molar-refractivity contribution >= 4 is 23.3 Å². The number of anilines is 1. The number of benzene rings is 1. The summed E-state index contributed by atoms with van der Waals surface area (Å²) in [5, 5.41) is 12.4. The van der Waals surface area contributed by atoms with Crippen LogP contribution in [0.3, 0.4) is 0 Å². The Morgan fingerprint density at radius 2 is 2.20 bits per heavy atom. The molecule has 2 amide bonds. The van der Waals surface area contributed by atoms with Gasteiger partial charge in [-0.3, -0.25) is 0 Å². The smallest absolute Gasteiger partial charge is 0.321 e. The van der Waals surface area contributed by atoms with E-state index in [4.69, 9.17) is 21.4 Å². The van der Waals surface area contributed by atoms with E-state index in [1.807, 2.05) is 0 Å². The van der Waals surface area contributed by atoms with Gasteiger partial charge in [0, 0.05) is 25.4 Å². The van der Waals surface area contributed by atoms with E-state index in [9.17, 15) is 4.79 Å². The van der Waals surface area contributed by atoms with Crippen LogP contribution in [0.5, 0.6) is 5.75 Å². The number of nitrogens with one attached hydrogen (secondary N) is 1. The van der Waals surface area contributed by atoms with Crippen LogP contribution >= 0.6 is 11.6 Å². The van der Waals surface area contributed by atoms with Crippen LogP contribution in [0.4, 0.5) is 10.5 Å². The van der Waals surface area contributed by atoms with Gasteiger partial charge in [-0.05, 0) is 37.0 Å². The minimum Gasteiger partial charge on any atom is -0.495 e. The number of likely N-dealkylation sites (tertiary alicyclic amines) is 1. The van der Waals surface area contributed by atoms with Crippen LogP contribution in [-0.2, 0) is 0 Å². The van der Waals surface area contributed by atoms with Crippen molar-refractivity contribution < 1.29 is 14.6 Å². The first-order valence-electron chi connectivity index (χ1n) is 6.64. The molecule has 0 unspecified atom stereocenters. The number of nitrogens with zero attached hydrogens (tertiary/aromatic N) is 1. The Balaban J connectivity index is 1.93. The second kappa shape index (κ2) is 6.81. The third kappa shape index (κ3) is 3.55. The number of amides is 2. The van der Waals surface area contributed by atoms with Crippen LogP contribution in [0, 0.1) is 5.92 Å². The summed E-state index contributed by atoms with van der Waals surface area (Å²) in [4.78, 5) is 13.9. The zero-order valence-electron chi connectivity index (χ0n) is 11.4. The van der Waals surface area contributed by atoms with Gasteiger partial charge in [0.05, 0.1) is 12.1 Å². The lowest BCUT2D eigenvalue weighted by atomic mass is 9.98. The van der Waals surface area contributed by atoms with Crippen molar-refractivity contribution in [2.45, 2.75) is 12.8 Å². The first kappa shape index (κ1) is 14.9. The molecule has 0 aromatic heterocycles. The monoisotopic (exact) mass is 298 g/mol. The molecule has 0 atom stereocenters. The molecular weight excluding hydrogens is 280 g/mol. The van der Waals surface area contributed by atoms with Gasteiger partial charge in [-0.25, -0.2) is 4.79 Å². The van der Waals surface area contributed by atoms with Crippen molar-refractivity contribution in [1.29, 1.82) is 0 Å². The third-order valence-electron chi connectivity index (χ3n) is 3.56. The van der Waals surface area contributed by atoms with Crippen molar-refractivity contribution in [3.05, 3.63) is 23.2 Å². The number of carbonyl (C=O) groups excluding carboxylic acids is 1. The molecule has 1 aliphatic heterocycles. The zero-order chi connectivity index (χ0) is 14.5. The van der Waals surface area contributed by atoms with Gasteiger partial charge in [-0.15, -0.1) is 0 Å². The molecule has 1 saturated heterocycles. The maximum absolute atomic E-state index is 12.1. The van der Waals surface area contributed by atoms with E-state index in [1.165, 1.54) is 0 Å². The summed E-state index contributed by atoms with van der Waals surface area (Å²) in [6, 6.07) is 5.00. The summed E-state index contributed by atoms with van der Waals surface area (Å²) in [6.07, 6.45) is 1.68. The van der Waals surface area contributed by atoms with Gasteiger partial charge in [-0.2, -0.15) is 0 Å². The summed E-state index contributed by atoms with van der Waals surface area (Å²) >= 11 is 6.02. The number of hydrogen-bond acceptors (Lipinski definition) is 3. The maximum Gasteiger partial charge on any atom is 0.321 e. The van der Waals surface area contributed by atoms with E-state index in [1.54, 1.807) is 30.2 Å². The van der Waals surface area contributed by atoms with Gasteiger partial charge in [0.1, 0.15) is 5.75 Å². The molecule has 0 aliphatic carbocycles. The number of methoxy groups -OCH3 is 1. The van der Waals surface area contributed by atoms with Gasteiger partial charge in [0.15, 0.2) is 0 Å². The zero-order valence-corrected chi connectivity index (χ0v) is 12.2. The van der Waals surface area contributed by atoms with Gasteiger partial charge in [0.2, 0.25) is 0 Å². The number of aliphatic hydroxyl groups is 1. The average Bonchev–Trinajstić information content (AvgIpc) is 2.47. The van der Waals surface area contributed by atoms with Crippen LogP contribution in [0.15, 0.2) is 18.2 Å². The molecule has 1 aliphatic rings. The van der Waals surface area contributed by atoms with Crippen LogP contribution < -0.4 is 10.1 Å². The van der Waals surface area contributed by atoms with Crippen LogP contribution in [-0.4, -0.2) is 42.8 Å². The molecule has 1 fully saturated rings. The molecule has 110 valence electrons. The Kier molecular flexibility index (Phi) is 5.09. The summed E-state index contributed by atoms with van der Waals surface area (Å²) in [5.41, 5.74) is 0.644. The second-order valence-corrected chi connectivity index (χ2v) is 5.30. The highest BCUT2D eigenvalue weighted by Gasteiger charge is 2.22. The standard InChI is InChI=1S/C14H19ClN2O3/c1-20-13-3-2-11(8-12(13)15)16-14(19)17-6-4-10(9-18)5-7-17/h2-3,8,10,18H,4-7,9H2,1H3,(H,16,19). The second-order valence-electron chi connectivity index (χ2n) is 4.89. The van der Waals surface area contributed by atoms with Crippen molar-refractivity contribution in [2.24, 2.45) is 5.92 Å². The molecule has 1 aromatic rings. The number of rotatable bonds is 3. The fraction of sp³-hybridized carbons (Fsp3) is 0.500. The van der Waals surface area contributed by atoms with Crippen molar-refractivity contribution in [3.63, 3.8) is 0 Å². The Labute approximate surface area is 123 Å².